The molecule has 0 saturated carbocycles. The molecule has 0 saturated heterocycles. The van der Waals surface area contributed by atoms with Crippen molar-refractivity contribution >= 4 is 40.7 Å². The average molecular weight is 362 g/mol. The molecule has 0 unspecified atom stereocenters. The van der Waals surface area contributed by atoms with Crippen LogP contribution < -0.4 is 5.30 Å². The zero-order valence-electron chi connectivity index (χ0n) is 14.2. The van der Waals surface area contributed by atoms with Crippen molar-refractivity contribution in [1.29, 1.82) is 0 Å². The van der Waals surface area contributed by atoms with E-state index < -0.39 is 13.6 Å². The first-order valence-corrected chi connectivity index (χ1v) is 9.46. The molecule has 0 amide bonds. The van der Waals surface area contributed by atoms with Crippen molar-refractivity contribution in [3.8, 4) is 0 Å². The largest absolute Gasteiger partial charge is 0.464 e. The van der Waals surface area contributed by atoms with Gasteiger partial charge in [0.25, 0.3) is 0 Å². The summed E-state index contributed by atoms with van der Waals surface area (Å²) in [6.45, 7) is 4.09. The number of ether oxygens (including phenoxy) is 1. The maximum absolute atomic E-state index is 13.0. The van der Waals surface area contributed by atoms with Crippen molar-refractivity contribution < 1.29 is 23.1 Å². The molecule has 0 radical (unpaired) electrons. The highest BCUT2D eigenvalue weighted by Crippen LogP contribution is 2.47. The second-order valence-electron chi connectivity index (χ2n) is 5.29. The van der Waals surface area contributed by atoms with Crippen molar-refractivity contribution in [2.75, 3.05) is 20.3 Å². The average Bonchev–Trinajstić information content (AvgIpc) is 2.98. The summed E-state index contributed by atoms with van der Waals surface area (Å²) in [6.07, 6.45) is 1.58. The van der Waals surface area contributed by atoms with E-state index in [1.807, 2.05) is 6.07 Å². The van der Waals surface area contributed by atoms with E-state index in [2.05, 4.69) is 9.97 Å². The first-order chi connectivity index (χ1) is 12.0. The Morgan fingerprint density at radius 1 is 1.12 bits per heavy atom. The minimum atomic E-state index is -3.39. The van der Waals surface area contributed by atoms with Crippen LogP contribution in [0.3, 0.4) is 0 Å². The van der Waals surface area contributed by atoms with E-state index in [1.165, 1.54) is 7.11 Å². The minimum Gasteiger partial charge on any atom is -0.464 e. The Hall–Kier alpha value is -2.21. The van der Waals surface area contributed by atoms with Crippen molar-refractivity contribution in [1.82, 2.24) is 9.97 Å². The number of carbonyl (C=O) groups is 1. The molecule has 132 valence electrons. The summed E-state index contributed by atoms with van der Waals surface area (Å²) in [5.41, 5.74) is 1.81. The standard InChI is InChI=1S/C17H19N2O5P/c1-4-23-25(21,24-5-2)11-6-7-14-12(8-11)13-9-15(17(20)22-3)18-10-16(13)19-14/h6-10,19H,4-5H2,1-3H3. The molecule has 0 aliphatic carbocycles. The summed E-state index contributed by atoms with van der Waals surface area (Å²) >= 11 is 0. The maximum atomic E-state index is 13.0. The summed E-state index contributed by atoms with van der Waals surface area (Å²) in [5, 5.41) is 2.06. The zero-order chi connectivity index (χ0) is 18.0. The fourth-order valence-corrected chi connectivity index (χ4v) is 4.30. The fraction of sp³-hybridized carbons (Fsp3) is 0.294. The molecule has 0 bridgehead atoms. The van der Waals surface area contributed by atoms with E-state index in [4.69, 9.17) is 13.8 Å². The van der Waals surface area contributed by atoms with Crippen LogP contribution in [0.4, 0.5) is 0 Å². The lowest BCUT2D eigenvalue weighted by Crippen LogP contribution is -2.10. The topological polar surface area (TPSA) is 90.5 Å². The number of aromatic nitrogens is 2. The molecule has 2 aromatic heterocycles. The molecule has 7 nitrogen and oxygen atoms in total. The number of methoxy groups -OCH3 is 1. The third-order valence-corrected chi connectivity index (χ3v) is 5.88. The van der Waals surface area contributed by atoms with Gasteiger partial charge in [0, 0.05) is 16.3 Å². The zero-order valence-corrected chi connectivity index (χ0v) is 15.1. The number of hydrogen-bond acceptors (Lipinski definition) is 6. The van der Waals surface area contributed by atoms with Gasteiger partial charge in [0.15, 0.2) is 0 Å². The molecule has 3 rings (SSSR count). The van der Waals surface area contributed by atoms with Crippen LogP contribution in [0.1, 0.15) is 24.3 Å². The van der Waals surface area contributed by atoms with Crippen LogP contribution >= 0.6 is 7.60 Å². The van der Waals surface area contributed by atoms with Gasteiger partial charge in [-0.3, -0.25) is 4.57 Å². The highest BCUT2D eigenvalue weighted by molar-refractivity contribution is 7.62. The molecule has 0 aliphatic heterocycles. The molecular weight excluding hydrogens is 343 g/mol. The summed E-state index contributed by atoms with van der Waals surface area (Å²) in [7, 11) is -2.08. The maximum Gasteiger partial charge on any atom is 0.361 e. The Labute approximate surface area is 144 Å². The van der Waals surface area contributed by atoms with Crippen LogP contribution in [-0.2, 0) is 18.3 Å². The molecule has 0 aliphatic rings. The smallest absolute Gasteiger partial charge is 0.361 e. The molecule has 0 atom stereocenters. The van der Waals surface area contributed by atoms with Gasteiger partial charge in [0.2, 0.25) is 0 Å². The Balaban J connectivity index is 2.19. The molecule has 0 spiro atoms. The van der Waals surface area contributed by atoms with Gasteiger partial charge >= 0.3 is 13.6 Å². The number of aromatic amines is 1. The quantitative estimate of drug-likeness (QED) is 0.534. The van der Waals surface area contributed by atoms with Gasteiger partial charge in [-0.1, -0.05) is 0 Å². The summed E-state index contributed by atoms with van der Waals surface area (Å²) in [4.78, 5) is 19.0. The summed E-state index contributed by atoms with van der Waals surface area (Å²) in [6, 6.07) is 6.95. The SMILES string of the molecule is CCOP(=O)(OCC)c1ccc2[nH]c3cnc(C(=O)OC)cc3c2c1. The van der Waals surface area contributed by atoms with Crippen molar-refractivity contribution in [2.24, 2.45) is 0 Å². The molecule has 1 N–H and O–H groups in total. The van der Waals surface area contributed by atoms with Crippen LogP contribution in [0.2, 0.25) is 0 Å². The van der Waals surface area contributed by atoms with E-state index in [1.54, 1.807) is 38.2 Å². The number of benzene rings is 1. The molecule has 2 heterocycles. The monoisotopic (exact) mass is 362 g/mol. The molecule has 25 heavy (non-hydrogen) atoms. The van der Waals surface area contributed by atoms with Crippen molar-refractivity contribution in [3.05, 3.63) is 36.2 Å². The number of pyridine rings is 1. The van der Waals surface area contributed by atoms with E-state index in [0.29, 0.717) is 5.30 Å². The van der Waals surface area contributed by atoms with Gasteiger partial charge in [-0.15, -0.1) is 0 Å². The molecular formula is C17H19N2O5P. The number of carbonyl (C=O) groups excluding carboxylic acids is 1. The lowest BCUT2D eigenvalue weighted by atomic mass is 10.1. The van der Waals surface area contributed by atoms with Crippen LogP contribution in [0.15, 0.2) is 30.5 Å². The van der Waals surface area contributed by atoms with E-state index in [-0.39, 0.29) is 18.9 Å². The van der Waals surface area contributed by atoms with E-state index in [0.717, 1.165) is 21.8 Å². The predicted octanol–water partition coefficient (Wildman–Crippen LogP) is 3.39. The van der Waals surface area contributed by atoms with Gasteiger partial charge in [-0.2, -0.15) is 0 Å². The second kappa shape index (κ2) is 6.96. The third-order valence-electron chi connectivity index (χ3n) is 3.78. The number of esters is 1. The van der Waals surface area contributed by atoms with Crippen molar-refractivity contribution in [3.63, 3.8) is 0 Å². The van der Waals surface area contributed by atoms with Crippen LogP contribution in [-0.4, -0.2) is 36.3 Å². The highest BCUT2D eigenvalue weighted by atomic mass is 31.2. The molecule has 0 fully saturated rings. The predicted molar refractivity (Wildman–Crippen MR) is 95.4 cm³/mol. The lowest BCUT2D eigenvalue weighted by molar-refractivity contribution is 0.0594. The number of hydrogen-bond donors (Lipinski definition) is 1. The minimum absolute atomic E-state index is 0.208. The second-order valence-corrected chi connectivity index (χ2v) is 7.32. The van der Waals surface area contributed by atoms with Gasteiger partial charge in [-0.05, 0) is 38.1 Å². The fourth-order valence-electron chi connectivity index (χ4n) is 2.70. The van der Waals surface area contributed by atoms with Crippen LogP contribution in [0, 0.1) is 0 Å². The normalized spacial score (nSPS) is 12.0. The number of fused-ring (bicyclic) bond motifs is 3. The van der Waals surface area contributed by atoms with Gasteiger partial charge in [0.1, 0.15) is 5.69 Å². The summed E-state index contributed by atoms with van der Waals surface area (Å²) in [5.74, 6) is -0.512. The van der Waals surface area contributed by atoms with Gasteiger partial charge in [-0.25, -0.2) is 9.78 Å². The third kappa shape index (κ3) is 3.18. The van der Waals surface area contributed by atoms with E-state index in [9.17, 15) is 9.36 Å². The first kappa shape index (κ1) is 17.6. The number of nitrogens with zero attached hydrogens (tertiary/aromatic N) is 1. The number of H-pyrrole nitrogens is 1. The Kier molecular flexibility index (Phi) is 4.90. The lowest BCUT2D eigenvalue weighted by Gasteiger charge is -2.17. The Morgan fingerprint density at radius 2 is 1.80 bits per heavy atom. The molecule has 1 aromatic carbocycles. The summed E-state index contributed by atoms with van der Waals surface area (Å²) < 4.78 is 28.5. The van der Waals surface area contributed by atoms with Crippen LogP contribution in [0.25, 0.3) is 21.8 Å². The molecule has 3 aromatic rings. The van der Waals surface area contributed by atoms with E-state index >= 15 is 0 Å². The number of rotatable bonds is 6. The van der Waals surface area contributed by atoms with Gasteiger partial charge in [0.05, 0.1) is 37.3 Å². The molecule has 8 heteroatoms. The highest BCUT2D eigenvalue weighted by Gasteiger charge is 2.27. The van der Waals surface area contributed by atoms with Gasteiger partial charge < -0.3 is 18.8 Å². The Morgan fingerprint density at radius 3 is 2.44 bits per heavy atom. The van der Waals surface area contributed by atoms with Crippen molar-refractivity contribution in [2.45, 2.75) is 13.8 Å². The number of nitrogens with one attached hydrogen (secondary N) is 1. The first-order valence-electron chi connectivity index (χ1n) is 7.92. The Bertz CT molecular complexity index is 972. The van der Waals surface area contributed by atoms with Crippen LogP contribution in [0.5, 0.6) is 0 Å².